The van der Waals surface area contributed by atoms with Crippen LogP contribution in [0.15, 0.2) is 23.3 Å². The van der Waals surface area contributed by atoms with Crippen molar-refractivity contribution in [1.82, 2.24) is 0 Å². The van der Waals surface area contributed by atoms with E-state index in [1.165, 1.54) is 32.1 Å². The fourth-order valence-corrected chi connectivity index (χ4v) is 2.95. The molecule has 0 bridgehead atoms. The zero-order valence-electron chi connectivity index (χ0n) is 12.7. The molecule has 0 amide bonds. The minimum atomic E-state index is 0.383. The number of hydrogen-bond acceptors (Lipinski definition) is 0. The molecule has 0 heterocycles. The molecule has 0 aliphatic heterocycles. The standard InChI is InChI=1S/C17H30/c1-7-16(5,8-2)14-12-11-13-15(14)17(6,9-3)10-4/h11-12H,7-10,13H2,1-6H3. The Labute approximate surface area is 108 Å². The summed E-state index contributed by atoms with van der Waals surface area (Å²) in [5, 5.41) is 0. The molecule has 0 aromatic heterocycles. The molecule has 17 heavy (non-hydrogen) atoms. The highest BCUT2D eigenvalue weighted by atomic mass is 14.4. The van der Waals surface area contributed by atoms with Crippen LogP contribution in [0.5, 0.6) is 0 Å². The van der Waals surface area contributed by atoms with Gasteiger partial charge < -0.3 is 0 Å². The van der Waals surface area contributed by atoms with Crippen molar-refractivity contribution < 1.29 is 0 Å². The maximum Gasteiger partial charge on any atom is -0.00807 e. The molecule has 1 aliphatic carbocycles. The third-order valence-corrected chi connectivity index (χ3v) is 5.43. The van der Waals surface area contributed by atoms with E-state index < -0.39 is 0 Å². The Morgan fingerprint density at radius 2 is 1.35 bits per heavy atom. The van der Waals surface area contributed by atoms with Gasteiger partial charge in [0, 0.05) is 0 Å². The Balaban J connectivity index is 3.21. The van der Waals surface area contributed by atoms with Gasteiger partial charge in [-0.15, -0.1) is 0 Å². The van der Waals surface area contributed by atoms with Gasteiger partial charge in [0.2, 0.25) is 0 Å². The van der Waals surface area contributed by atoms with Crippen LogP contribution in [-0.2, 0) is 0 Å². The quantitative estimate of drug-likeness (QED) is 0.537. The van der Waals surface area contributed by atoms with Crippen LogP contribution < -0.4 is 0 Å². The van der Waals surface area contributed by atoms with Gasteiger partial charge in [0.15, 0.2) is 0 Å². The molecule has 98 valence electrons. The number of hydrogen-bond donors (Lipinski definition) is 0. The van der Waals surface area contributed by atoms with Crippen LogP contribution in [0.3, 0.4) is 0 Å². The van der Waals surface area contributed by atoms with Gasteiger partial charge in [0.25, 0.3) is 0 Å². The number of rotatable bonds is 6. The molecule has 0 saturated heterocycles. The molecular formula is C17H30. The highest BCUT2D eigenvalue weighted by Gasteiger charge is 2.34. The molecule has 0 spiro atoms. The van der Waals surface area contributed by atoms with Crippen molar-refractivity contribution in [3.63, 3.8) is 0 Å². The van der Waals surface area contributed by atoms with Crippen LogP contribution in [0.2, 0.25) is 0 Å². The smallest absolute Gasteiger partial charge is 0.00807 e. The van der Waals surface area contributed by atoms with Crippen molar-refractivity contribution in [2.45, 2.75) is 73.6 Å². The average molecular weight is 234 g/mol. The second kappa shape index (κ2) is 5.42. The molecule has 0 fully saturated rings. The van der Waals surface area contributed by atoms with E-state index in [4.69, 9.17) is 0 Å². The molecular weight excluding hydrogens is 204 g/mol. The summed E-state index contributed by atoms with van der Waals surface area (Å²) in [5.41, 5.74) is 4.15. The molecule has 1 rings (SSSR count). The van der Waals surface area contributed by atoms with E-state index in [0.29, 0.717) is 10.8 Å². The van der Waals surface area contributed by atoms with Gasteiger partial charge in [0.1, 0.15) is 0 Å². The van der Waals surface area contributed by atoms with Crippen molar-refractivity contribution in [3.05, 3.63) is 23.3 Å². The van der Waals surface area contributed by atoms with Crippen molar-refractivity contribution in [1.29, 1.82) is 0 Å². The average Bonchev–Trinajstić information content (AvgIpc) is 2.87. The summed E-state index contributed by atoms with van der Waals surface area (Å²) in [6.07, 6.45) is 11.0. The second-order valence-corrected chi connectivity index (χ2v) is 6.03. The Morgan fingerprint density at radius 1 is 0.882 bits per heavy atom. The van der Waals surface area contributed by atoms with Crippen LogP contribution in [0.1, 0.15) is 73.6 Å². The molecule has 0 aromatic carbocycles. The first-order valence-corrected chi connectivity index (χ1v) is 7.38. The highest BCUT2D eigenvalue weighted by molar-refractivity contribution is 5.41. The lowest BCUT2D eigenvalue weighted by atomic mass is 9.69. The topological polar surface area (TPSA) is 0 Å². The van der Waals surface area contributed by atoms with E-state index in [9.17, 15) is 0 Å². The lowest BCUT2D eigenvalue weighted by Gasteiger charge is -2.36. The molecule has 0 heteroatoms. The molecule has 0 aromatic rings. The summed E-state index contributed by atoms with van der Waals surface area (Å²) >= 11 is 0. The predicted octanol–water partition coefficient (Wildman–Crippen LogP) is 5.90. The van der Waals surface area contributed by atoms with E-state index in [-0.39, 0.29) is 0 Å². The summed E-state index contributed by atoms with van der Waals surface area (Å²) in [6, 6.07) is 0. The summed E-state index contributed by atoms with van der Waals surface area (Å²) in [6.45, 7) is 14.2. The highest BCUT2D eigenvalue weighted by Crippen LogP contribution is 2.48. The largest absolute Gasteiger partial charge is 0.0801 e. The summed E-state index contributed by atoms with van der Waals surface area (Å²) in [4.78, 5) is 0. The minimum absolute atomic E-state index is 0.383. The molecule has 1 aliphatic rings. The van der Waals surface area contributed by atoms with E-state index in [1.54, 1.807) is 11.1 Å². The molecule has 0 atom stereocenters. The second-order valence-electron chi connectivity index (χ2n) is 6.03. The SMILES string of the molecule is CCC(C)(CC)C1=C(C(C)(CC)CC)CC=C1. The molecule has 0 saturated carbocycles. The van der Waals surface area contributed by atoms with Gasteiger partial charge in [-0.05, 0) is 48.5 Å². The van der Waals surface area contributed by atoms with E-state index >= 15 is 0 Å². The van der Waals surface area contributed by atoms with Crippen LogP contribution in [0.25, 0.3) is 0 Å². The van der Waals surface area contributed by atoms with Crippen LogP contribution in [-0.4, -0.2) is 0 Å². The van der Waals surface area contributed by atoms with Gasteiger partial charge in [-0.1, -0.05) is 59.3 Å². The Kier molecular flexibility index (Phi) is 4.63. The third kappa shape index (κ3) is 2.51. The summed E-state index contributed by atoms with van der Waals surface area (Å²) in [7, 11) is 0. The molecule has 0 unspecified atom stereocenters. The van der Waals surface area contributed by atoms with Gasteiger partial charge in [0.05, 0.1) is 0 Å². The molecule has 0 nitrogen and oxygen atoms in total. The fraction of sp³-hybridized carbons (Fsp3) is 0.765. The van der Waals surface area contributed by atoms with Crippen molar-refractivity contribution in [3.8, 4) is 0 Å². The summed E-state index contributed by atoms with van der Waals surface area (Å²) in [5.74, 6) is 0. The Hall–Kier alpha value is -0.520. The van der Waals surface area contributed by atoms with Gasteiger partial charge in [-0.25, -0.2) is 0 Å². The normalized spacial score (nSPS) is 17.1. The lowest BCUT2D eigenvalue weighted by Crippen LogP contribution is -2.23. The Morgan fingerprint density at radius 3 is 1.76 bits per heavy atom. The van der Waals surface area contributed by atoms with Crippen LogP contribution in [0, 0.1) is 10.8 Å². The summed E-state index contributed by atoms with van der Waals surface area (Å²) < 4.78 is 0. The van der Waals surface area contributed by atoms with Crippen molar-refractivity contribution in [2.75, 3.05) is 0 Å². The van der Waals surface area contributed by atoms with Gasteiger partial charge in [-0.3, -0.25) is 0 Å². The number of allylic oxidation sites excluding steroid dienone is 4. The van der Waals surface area contributed by atoms with Crippen molar-refractivity contribution in [2.24, 2.45) is 10.8 Å². The van der Waals surface area contributed by atoms with Crippen molar-refractivity contribution >= 4 is 0 Å². The molecule has 0 N–H and O–H groups in total. The zero-order chi connectivity index (χ0) is 13.1. The van der Waals surface area contributed by atoms with Gasteiger partial charge >= 0.3 is 0 Å². The first kappa shape index (κ1) is 14.5. The predicted molar refractivity (Wildman–Crippen MR) is 78.2 cm³/mol. The molecule has 0 radical (unpaired) electrons. The first-order valence-electron chi connectivity index (χ1n) is 7.38. The fourth-order valence-electron chi connectivity index (χ4n) is 2.95. The van der Waals surface area contributed by atoms with E-state index in [0.717, 1.165) is 0 Å². The van der Waals surface area contributed by atoms with Gasteiger partial charge in [-0.2, -0.15) is 0 Å². The van der Waals surface area contributed by atoms with E-state index in [2.05, 4.69) is 53.7 Å². The Bertz CT molecular complexity index is 309. The zero-order valence-corrected chi connectivity index (χ0v) is 12.7. The first-order chi connectivity index (χ1) is 7.97. The lowest BCUT2D eigenvalue weighted by molar-refractivity contribution is 0.328. The maximum atomic E-state index is 2.45. The minimum Gasteiger partial charge on any atom is -0.0801 e. The third-order valence-electron chi connectivity index (χ3n) is 5.43. The van der Waals surface area contributed by atoms with Crippen LogP contribution in [0.4, 0.5) is 0 Å². The monoisotopic (exact) mass is 234 g/mol. The van der Waals surface area contributed by atoms with E-state index in [1.807, 2.05) is 0 Å². The van der Waals surface area contributed by atoms with Crippen LogP contribution >= 0.6 is 0 Å². The maximum absolute atomic E-state index is 2.45.